The molecule has 0 saturated heterocycles. The number of carboxylic acids is 1. The van der Waals surface area contributed by atoms with Crippen LogP contribution in [0.1, 0.15) is 22.3 Å². The third kappa shape index (κ3) is 12.6. The summed E-state index contributed by atoms with van der Waals surface area (Å²) < 4.78 is 0. The Morgan fingerprint density at radius 3 is 1.22 bits per heavy atom. The van der Waals surface area contributed by atoms with Crippen LogP contribution in [0.4, 0.5) is 0 Å². The molecule has 4 aromatic carbocycles. The summed E-state index contributed by atoms with van der Waals surface area (Å²) in [6, 6.07) is 18.7. The quantitative estimate of drug-likeness (QED) is 0.0467. The van der Waals surface area contributed by atoms with E-state index in [-0.39, 0.29) is 48.7 Å². The highest BCUT2D eigenvalue weighted by atomic mass is 32.1. The average Bonchev–Trinajstić information content (AvgIpc) is 3.91. The number of thiol groups is 2. The molecule has 0 unspecified atom stereocenters. The van der Waals surface area contributed by atoms with Gasteiger partial charge in [0.2, 0.25) is 29.5 Å². The summed E-state index contributed by atoms with van der Waals surface area (Å²) >= 11 is 8.20. The summed E-state index contributed by atoms with van der Waals surface area (Å²) in [6.45, 7) is 0. The van der Waals surface area contributed by atoms with E-state index in [9.17, 15) is 44.1 Å². The summed E-state index contributed by atoms with van der Waals surface area (Å²) in [5.41, 5.74) is 9.85. The molecule has 5 amide bonds. The van der Waals surface area contributed by atoms with Crippen molar-refractivity contribution in [1.82, 2.24) is 36.6 Å². The summed E-state index contributed by atoms with van der Waals surface area (Å²) in [4.78, 5) is 88.8. The molecule has 0 fully saturated rings. The molecule has 65 heavy (non-hydrogen) atoms. The van der Waals surface area contributed by atoms with E-state index >= 15 is 0 Å². The number of H-pyrrole nitrogens is 2. The number of aromatic nitrogens is 2. The minimum absolute atomic E-state index is 0.00993. The lowest BCUT2D eigenvalue weighted by Gasteiger charge is -2.27. The van der Waals surface area contributed by atoms with Gasteiger partial charge in [-0.05, 0) is 58.7 Å². The Labute approximate surface area is 384 Å². The number of carbonyl (C=O) groups is 6. The van der Waals surface area contributed by atoms with Crippen LogP contribution in [0.3, 0.4) is 0 Å². The largest absolute Gasteiger partial charge is 0.508 e. The van der Waals surface area contributed by atoms with Gasteiger partial charge in [-0.25, -0.2) is 4.79 Å². The van der Waals surface area contributed by atoms with E-state index in [2.05, 4.69) is 61.8 Å². The van der Waals surface area contributed by atoms with Gasteiger partial charge in [-0.3, -0.25) is 24.0 Å². The van der Waals surface area contributed by atoms with Gasteiger partial charge in [0, 0.05) is 71.4 Å². The number of aromatic hydroxyl groups is 2. The third-order valence-corrected chi connectivity index (χ3v) is 11.6. The van der Waals surface area contributed by atoms with Crippen LogP contribution in [0.25, 0.3) is 21.8 Å². The Bertz CT molecular complexity index is 2640. The number of carbonyl (C=O) groups excluding carboxylic acids is 5. The zero-order chi connectivity index (χ0) is 46.6. The number of amides is 5. The highest BCUT2D eigenvalue weighted by Crippen LogP contribution is 2.22. The van der Waals surface area contributed by atoms with Gasteiger partial charge in [0.1, 0.15) is 41.7 Å². The molecule has 19 heteroatoms. The van der Waals surface area contributed by atoms with Crippen molar-refractivity contribution in [3.8, 4) is 11.5 Å². The van der Waals surface area contributed by atoms with Gasteiger partial charge in [-0.2, -0.15) is 25.3 Å². The first-order chi connectivity index (χ1) is 31.2. The molecular weight excluding hydrogens is 873 g/mol. The molecule has 2 heterocycles. The molecule has 0 bridgehead atoms. The maximum atomic E-state index is 14.7. The van der Waals surface area contributed by atoms with Crippen molar-refractivity contribution in [2.75, 3.05) is 11.5 Å². The summed E-state index contributed by atoms with van der Waals surface area (Å²) in [6.07, 6.45) is 3.01. The molecule has 0 spiro atoms. The van der Waals surface area contributed by atoms with Crippen LogP contribution in [0.5, 0.6) is 11.5 Å². The van der Waals surface area contributed by atoms with Crippen LogP contribution in [-0.2, 0) is 54.5 Å². The number of para-hydroxylation sites is 2. The Kier molecular flexibility index (Phi) is 16.2. The Morgan fingerprint density at radius 2 is 0.846 bits per heavy atom. The molecule has 6 atom stereocenters. The lowest BCUT2D eigenvalue weighted by Crippen LogP contribution is -2.60. The second kappa shape index (κ2) is 22.1. The number of aliphatic carboxylic acids is 1. The number of hydrogen-bond donors (Lipinski definition) is 13. The zero-order valence-electron chi connectivity index (χ0n) is 34.9. The predicted molar refractivity (Wildman–Crippen MR) is 251 cm³/mol. The fraction of sp³-hybridized carbons (Fsp3) is 0.261. The van der Waals surface area contributed by atoms with Gasteiger partial charge in [0.25, 0.3) is 0 Å². The number of rotatable bonds is 21. The number of nitrogens with one attached hydrogen (secondary N) is 7. The van der Waals surface area contributed by atoms with Crippen LogP contribution < -0.4 is 32.3 Å². The van der Waals surface area contributed by atoms with E-state index in [4.69, 9.17) is 5.73 Å². The summed E-state index contributed by atoms with van der Waals surface area (Å²) in [7, 11) is 0. The number of phenols is 2. The summed E-state index contributed by atoms with van der Waals surface area (Å²) in [5.74, 6) is -5.51. The fourth-order valence-electron chi connectivity index (χ4n) is 7.25. The van der Waals surface area contributed by atoms with E-state index in [0.717, 1.165) is 21.8 Å². The molecule has 0 aliphatic carbocycles. The second-order valence-corrected chi connectivity index (χ2v) is 16.2. The average molecular weight is 923 g/mol. The van der Waals surface area contributed by atoms with E-state index in [1.165, 1.54) is 24.3 Å². The van der Waals surface area contributed by atoms with E-state index in [0.29, 0.717) is 22.3 Å². The second-order valence-electron chi connectivity index (χ2n) is 15.5. The molecule has 6 rings (SSSR count). The summed E-state index contributed by atoms with van der Waals surface area (Å²) in [5, 5.41) is 44.6. The molecule has 0 aliphatic heterocycles. The maximum Gasteiger partial charge on any atom is 0.327 e. The molecule has 340 valence electrons. The number of hydrogen-bond acceptors (Lipinski definition) is 11. The first-order valence-corrected chi connectivity index (χ1v) is 21.9. The van der Waals surface area contributed by atoms with Crippen LogP contribution in [-0.4, -0.2) is 109 Å². The molecule has 0 radical (unpaired) electrons. The molecule has 6 aromatic rings. The lowest BCUT2D eigenvalue weighted by atomic mass is 9.99. The van der Waals surface area contributed by atoms with Gasteiger partial charge >= 0.3 is 5.97 Å². The van der Waals surface area contributed by atoms with Crippen LogP contribution in [0.2, 0.25) is 0 Å². The monoisotopic (exact) mass is 922 g/mol. The van der Waals surface area contributed by atoms with Gasteiger partial charge in [-0.15, -0.1) is 0 Å². The minimum Gasteiger partial charge on any atom is -0.508 e. The highest BCUT2D eigenvalue weighted by molar-refractivity contribution is 7.80. The lowest BCUT2D eigenvalue weighted by molar-refractivity contribution is -0.141. The molecule has 0 saturated carbocycles. The highest BCUT2D eigenvalue weighted by Gasteiger charge is 2.34. The van der Waals surface area contributed by atoms with Gasteiger partial charge < -0.3 is 57.6 Å². The maximum absolute atomic E-state index is 14.7. The van der Waals surface area contributed by atoms with E-state index in [1.807, 2.05) is 48.5 Å². The minimum atomic E-state index is -1.41. The number of phenolic OH excluding ortho intramolecular Hbond substituents is 2. The van der Waals surface area contributed by atoms with E-state index in [1.54, 1.807) is 36.7 Å². The Balaban J connectivity index is 1.33. The van der Waals surface area contributed by atoms with Crippen LogP contribution >= 0.6 is 25.3 Å². The number of benzene rings is 4. The molecule has 0 aliphatic rings. The number of carboxylic acid groups (broad SMARTS) is 1. The zero-order valence-corrected chi connectivity index (χ0v) is 36.7. The molecular formula is C46H50N8O9S2. The van der Waals surface area contributed by atoms with Crippen molar-refractivity contribution >= 4 is 82.6 Å². The van der Waals surface area contributed by atoms with Crippen molar-refractivity contribution in [3.63, 3.8) is 0 Å². The van der Waals surface area contributed by atoms with Crippen molar-refractivity contribution < 1.29 is 44.1 Å². The molecule has 17 nitrogen and oxygen atoms in total. The van der Waals surface area contributed by atoms with Crippen molar-refractivity contribution in [2.45, 2.75) is 61.9 Å². The number of nitrogens with two attached hydrogens (primary N) is 1. The third-order valence-electron chi connectivity index (χ3n) is 10.8. The Hall–Kier alpha value is -6.96. The standard InChI is InChI=1S/C46H50N8O9S2/c47-33(23-64)41(57)50-36(17-25-9-13-29(55)14-10-25)42(58)52-38(19-27-21-48-34-7-3-1-5-31(27)34)44(60)51-37(18-26-11-15-30(56)16-12-26)43(59)53-39(45(61)54-40(24-65)46(62)63)20-28-22-49-35-8-4-2-6-32(28)35/h1-16,21-22,33,36-40,48-49,55-56,64-65H,17-20,23-24,47H2,(H,50,57)(H,51,60)(H,52,58)(H,53,59)(H,54,61)(H,62,63)/t33-,36-,37-,38-,39-,40-/m0/s1. The number of aromatic amines is 2. The van der Waals surface area contributed by atoms with Crippen LogP contribution in [0.15, 0.2) is 109 Å². The van der Waals surface area contributed by atoms with Crippen LogP contribution in [0, 0.1) is 0 Å². The first kappa shape index (κ1) is 47.5. The fourth-order valence-corrected chi connectivity index (χ4v) is 7.66. The van der Waals surface area contributed by atoms with Gasteiger partial charge in [0.15, 0.2) is 0 Å². The topological polar surface area (TPSA) is 281 Å². The predicted octanol–water partition coefficient (Wildman–Crippen LogP) is 2.03. The smallest absolute Gasteiger partial charge is 0.327 e. The van der Waals surface area contributed by atoms with Crippen molar-refractivity contribution in [2.24, 2.45) is 5.73 Å². The SMILES string of the molecule is N[C@@H](CS)C(=O)N[C@@H](Cc1ccc(O)cc1)C(=O)N[C@@H](Cc1c[nH]c2ccccc12)C(=O)N[C@@H](Cc1ccc(O)cc1)C(=O)N[C@@H](Cc1c[nH]c2ccccc12)C(=O)N[C@@H](CS)C(=O)O. The van der Waals surface area contributed by atoms with E-state index < -0.39 is 71.8 Å². The number of fused-ring (bicyclic) bond motifs is 2. The Morgan fingerprint density at radius 1 is 0.492 bits per heavy atom. The van der Waals surface area contributed by atoms with Crippen molar-refractivity contribution in [1.29, 1.82) is 0 Å². The van der Waals surface area contributed by atoms with Crippen molar-refractivity contribution in [3.05, 3.63) is 132 Å². The van der Waals surface area contributed by atoms with Gasteiger partial charge in [-0.1, -0.05) is 60.7 Å². The molecule has 2 aromatic heterocycles. The normalized spacial score (nSPS) is 14.0. The van der Waals surface area contributed by atoms with Gasteiger partial charge in [0.05, 0.1) is 6.04 Å². The first-order valence-electron chi connectivity index (χ1n) is 20.6. The molecule has 12 N–H and O–H groups in total.